The molecule has 1 heterocycles. The van der Waals surface area contributed by atoms with Crippen molar-refractivity contribution in [1.29, 1.82) is 0 Å². The Balaban J connectivity index is 1.61. The molecule has 3 rings (SSSR count). The Hall–Kier alpha value is -2.47. The van der Waals surface area contributed by atoms with Crippen LogP contribution in [0.4, 0.5) is 11.4 Å². The first kappa shape index (κ1) is 25.2. The molecular formula is C22H30N4O5S2. The third-order valence-electron chi connectivity index (χ3n) is 5.67. The molecule has 2 aromatic carbocycles. The number of amides is 1. The third kappa shape index (κ3) is 5.91. The van der Waals surface area contributed by atoms with E-state index in [1.165, 1.54) is 30.5 Å². The van der Waals surface area contributed by atoms with Crippen molar-refractivity contribution in [2.45, 2.75) is 31.6 Å². The highest BCUT2D eigenvalue weighted by Crippen LogP contribution is 2.24. The highest BCUT2D eigenvalue weighted by Gasteiger charge is 2.32. The largest absolute Gasteiger partial charge is 0.326 e. The number of nitrogens with zero attached hydrogens (tertiary/aromatic N) is 2. The molecule has 1 saturated heterocycles. The fraction of sp³-hybridized carbons (Fsp3) is 0.409. The predicted molar refractivity (Wildman–Crippen MR) is 129 cm³/mol. The number of hydrogen-bond acceptors (Lipinski definition) is 5. The summed E-state index contributed by atoms with van der Waals surface area (Å²) < 4.78 is 55.0. The van der Waals surface area contributed by atoms with Gasteiger partial charge in [-0.25, -0.2) is 8.42 Å². The lowest BCUT2D eigenvalue weighted by Crippen LogP contribution is -2.46. The van der Waals surface area contributed by atoms with E-state index in [4.69, 9.17) is 0 Å². The van der Waals surface area contributed by atoms with Crippen molar-refractivity contribution in [2.24, 2.45) is 5.92 Å². The maximum atomic E-state index is 12.7. The molecule has 0 atom stereocenters. The van der Waals surface area contributed by atoms with E-state index in [-0.39, 0.29) is 29.8 Å². The lowest BCUT2D eigenvalue weighted by Gasteiger charge is -2.32. The quantitative estimate of drug-likeness (QED) is 0.614. The highest BCUT2D eigenvalue weighted by atomic mass is 32.2. The molecule has 9 nitrogen and oxygen atoms in total. The van der Waals surface area contributed by atoms with E-state index in [0.29, 0.717) is 24.2 Å². The van der Waals surface area contributed by atoms with E-state index in [1.807, 2.05) is 26.0 Å². The van der Waals surface area contributed by atoms with Crippen molar-refractivity contribution in [3.8, 4) is 0 Å². The number of anilines is 2. The van der Waals surface area contributed by atoms with E-state index >= 15 is 0 Å². The first-order valence-corrected chi connectivity index (χ1v) is 13.5. The average molecular weight is 495 g/mol. The highest BCUT2D eigenvalue weighted by molar-refractivity contribution is 7.92. The maximum absolute atomic E-state index is 12.7. The van der Waals surface area contributed by atoms with Gasteiger partial charge in [0.25, 0.3) is 20.2 Å². The Labute approximate surface area is 196 Å². The molecule has 33 heavy (non-hydrogen) atoms. The number of piperidine rings is 1. The summed E-state index contributed by atoms with van der Waals surface area (Å²) in [5, 5.41) is 2.80. The van der Waals surface area contributed by atoms with Gasteiger partial charge in [-0.15, -0.1) is 0 Å². The van der Waals surface area contributed by atoms with Crippen LogP contribution in [-0.4, -0.2) is 58.5 Å². The average Bonchev–Trinajstić information content (AvgIpc) is 2.76. The van der Waals surface area contributed by atoms with Gasteiger partial charge in [-0.2, -0.15) is 17.0 Å². The summed E-state index contributed by atoms with van der Waals surface area (Å²) in [4.78, 5) is 12.7. The molecule has 11 heteroatoms. The van der Waals surface area contributed by atoms with Gasteiger partial charge in [0.05, 0.1) is 10.6 Å². The zero-order chi connectivity index (χ0) is 24.4. The van der Waals surface area contributed by atoms with Gasteiger partial charge in [0.1, 0.15) is 0 Å². The molecule has 0 aliphatic carbocycles. The second-order valence-electron chi connectivity index (χ2n) is 8.40. The minimum absolute atomic E-state index is 0.0858. The topological polar surface area (TPSA) is 116 Å². The van der Waals surface area contributed by atoms with Gasteiger partial charge in [0.2, 0.25) is 5.91 Å². The zero-order valence-corrected chi connectivity index (χ0v) is 20.8. The minimum Gasteiger partial charge on any atom is -0.326 e. The van der Waals surface area contributed by atoms with E-state index < -0.39 is 20.2 Å². The van der Waals surface area contributed by atoms with Gasteiger partial charge in [-0.05, 0) is 62.6 Å². The predicted octanol–water partition coefficient (Wildman–Crippen LogP) is 2.56. The number of carbonyl (C=O) groups is 1. The summed E-state index contributed by atoms with van der Waals surface area (Å²) in [6.45, 7) is 4.33. The number of sulfonamides is 1. The van der Waals surface area contributed by atoms with Gasteiger partial charge in [0, 0.05) is 38.8 Å². The van der Waals surface area contributed by atoms with Crippen LogP contribution in [0.3, 0.4) is 0 Å². The molecule has 0 spiro atoms. The van der Waals surface area contributed by atoms with Crippen LogP contribution in [0.1, 0.15) is 24.0 Å². The molecule has 1 aliphatic rings. The summed E-state index contributed by atoms with van der Waals surface area (Å²) in [7, 11) is -4.29. The first-order chi connectivity index (χ1) is 15.4. The molecule has 0 aromatic heterocycles. The third-order valence-corrected chi connectivity index (χ3v) is 8.99. The normalized spacial score (nSPS) is 16.0. The lowest BCUT2D eigenvalue weighted by molar-refractivity contribution is -0.120. The van der Waals surface area contributed by atoms with Crippen LogP contribution in [0.15, 0.2) is 47.4 Å². The molecule has 1 aliphatic heterocycles. The number of benzene rings is 2. The standard InChI is InChI=1S/C22H30N4O5S2/c1-16-5-10-21(17(2)15-16)24-32(28,29)20-8-6-19(7-9-20)23-22(27)18-11-13-26(14-12-18)33(30,31)25(3)4/h5-10,15,18,24H,11-14H2,1-4H3,(H,23,27). The smallest absolute Gasteiger partial charge is 0.281 e. The van der Waals surface area contributed by atoms with Gasteiger partial charge in [-0.3, -0.25) is 9.52 Å². The van der Waals surface area contributed by atoms with E-state index in [2.05, 4.69) is 10.0 Å². The molecule has 2 N–H and O–H groups in total. The minimum atomic E-state index is -3.77. The van der Waals surface area contributed by atoms with Crippen LogP contribution in [0.5, 0.6) is 0 Å². The fourth-order valence-electron chi connectivity index (χ4n) is 3.67. The lowest BCUT2D eigenvalue weighted by atomic mass is 9.97. The number of carbonyl (C=O) groups excluding carboxylic acids is 1. The van der Waals surface area contributed by atoms with Crippen LogP contribution in [0.2, 0.25) is 0 Å². The van der Waals surface area contributed by atoms with Gasteiger partial charge >= 0.3 is 0 Å². The number of aryl methyl sites for hydroxylation is 2. The molecule has 0 unspecified atom stereocenters. The number of hydrogen-bond donors (Lipinski definition) is 2. The molecule has 1 fully saturated rings. The van der Waals surface area contributed by atoms with Crippen LogP contribution in [0.25, 0.3) is 0 Å². The molecule has 0 bridgehead atoms. The first-order valence-electron chi connectivity index (χ1n) is 10.6. The van der Waals surface area contributed by atoms with Crippen molar-refractivity contribution in [1.82, 2.24) is 8.61 Å². The second kappa shape index (κ2) is 9.80. The monoisotopic (exact) mass is 494 g/mol. The zero-order valence-electron chi connectivity index (χ0n) is 19.2. The number of nitrogens with one attached hydrogen (secondary N) is 2. The number of rotatable bonds is 7. The van der Waals surface area contributed by atoms with Gasteiger partial charge in [-0.1, -0.05) is 17.7 Å². The molecule has 2 aromatic rings. The molecule has 0 radical (unpaired) electrons. The SMILES string of the molecule is Cc1ccc(NS(=O)(=O)c2ccc(NC(=O)C3CCN(S(=O)(=O)N(C)C)CC3)cc2)c(C)c1. The molecule has 0 saturated carbocycles. The Bertz CT molecular complexity index is 1220. The van der Waals surface area contributed by atoms with E-state index in [0.717, 1.165) is 15.4 Å². The molecule has 180 valence electrons. The van der Waals surface area contributed by atoms with E-state index in [9.17, 15) is 21.6 Å². The van der Waals surface area contributed by atoms with Crippen molar-refractivity contribution in [3.63, 3.8) is 0 Å². The van der Waals surface area contributed by atoms with E-state index in [1.54, 1.807) is 18.2 Å². The summed E-state index contributed by atoms with van der Waals surface area (Å²) in [5.41, 5.74) is 2.86. The Morgan fingerprint density at radius 2 is 1.58 bits per heavy atom. The summed E-state index contributed by atoms with van der Waals surface area (Å²) in [6.07, 6.45) is 0.844. The second-order valence-corrected chi connectivity index (χ2v) is 12.2. The summed E-state index contributed by atoms with van der Waals surface area (Å²) in [6, 6.07) is 11.4. The summed E-state index contributed by atoms with van der Waals surface area (Å²) in [5.74, 6) is -0.519. The maximum Gasteiger partial charge on any atom is 0.281 e. The van der Waals surface area contributed by atoms with Crippen molar-refractivity contribution in [2.75, 3.05) is 37.2 Å². The van der Waals surface area contributed by atoms with Gasteiger partial charge < -0.3 is 5.32 Å². The Morgan fingerprint density at radius 3 is 2.12 bits per heavy atom. The van der Waals surface area contributed by atoms with Crippen LogP contribution >= 0.6 is 0 Å². The molecule has 1 amide bonds. The van der Waals surface area contributed by atoms with Crippen LogP contribution in [-0.2, 0) is 25.0 Å². The van der Waals surface area contributed by atoms with Crippen LogP contribution in [0, 0.1) is 19.8 Å². The molecular weight excluding hydrogens is 464 g/mol. The van der Waals surface area contributed by atoms with Crippen molar-refractivity contribution < 1.29 is 21.6 Å². The van der Waals surface area contributed by atoms with Gasteiger partial charge in [0.15, 0.2) is 0 Å². The summed E-state index contributed by atoms with van der Waals surface area (Å²) >= 11 is 0. The van der Waals surface area contributed by atoms with Crippen molar-refractivity contribution >= 4 is 37.5 Å². The van der Waals surface area contributed by atoms with Crippen molar-refractivity contribution in [3.05, 3.63) is 53.6 Å². The Kier molecular flexibility index (Phi) is 7.47. The van der Waals surface area contributed by atoms with Crippen LogP contribution < -0.4 is 10.0 Å². The Morgan fingerprint density at radius 1 is 0.970 bits per heavy atom. The fourth-order valence-corrected chi connectivity index (χ4v) is 5.94.